The van der Waals surface area contributed by atoms with E-state index >= 15 is 0 Å². The molecule has 0 atom stereocenters. The van der Waals surface area contributed by atoms with Gasteiger partial charge in [0.25, 0.3) is 10.0 Å². The second-order valence-corrected chi connectivity index (χ2v) is 7.16. The zero-order chi connectivity index (χ0) is 16.5. The Labute approximate surface area is 132 Å². The van der Waals surface area contributed by atoms with Crippen LogP contribution in [0.25, 0.3) is 0 Å². The second-order valence-electron chi connectivity index (χ2n) is 5.51. The molecule has 0 aromatic heterocycles. The molecule has 0 saturated heterocycles. The highest BCUT2D eigenvalue weighted by Crippen LogP contribution is 2.28. The Kier molecular flexibility index (Phi) is 4.47. The van der Waals surface area contributed by atoms with Crippen molar-refractivity contribution in [2.75, 3.05) is 11.8 Å². The normalized spacial score (nSPS) is 11.3. The number of hydrogen-bond acceptors (Lipinski definition) is 3. The average molecular weight is 319 g/mol. The summed E-state index contributed by atoms with van der Waals surface area (Å²) in [5.41, 5.74) is 3.94. The summed E-state index contributed by atoms with van der Waals surface area (Å²) in [5.74, 6) is 0.684. The van der Waals surface area contributed by atoms with Crippen LogP contribution in [-0.4, -0.2) is 15.5 Å². The summed E-state index contributed by atoms with van der Waals surface area (Å²) in [5, 5.41) is 0. The van der Waals surface area contributed by atoms with Crippen LogP contribution in [0.1, 0.15) is 22.3 Å². The molecular weight excluding hydrogens is 298 g/mol. The second kappa shape index (κ2) is 6.01. The highest BCUT2D eigenvalue weighted by molar-refractivity contribution is 7.92. The van der Waals surface area contributed by atoms with E-state index in [2.05, 4.69) is 4.72 Å². The first-order valence-corrected chi connectivity index (χ1v) is 8.48. The van der Waals surface area contributed by atoms with Crippen molar-refractivity contribution in [2.24, 2.45) is 0 Å². The first kappa shape index (κ1) is 16.4. The number of rotatable bonds is 4. The molecule has 0 spiro atoms. The fraction of sp³-hybridized carbons (Fsp3) is 0.294. The number of nitrogens with one attached hydrogen (secondary N) is 1. The van der Waals surface area contributed by atoms with Gasteiger partial charge in [-0.3, -0.25) is 4.72 Å². The first-order chi connectivity index (χ1) is 10.2. The highest BCUT2D eigenvalue weighted by Gasteiger charge is 2.19. The molecule has 2 aromatic carbocycles. The van der Waals surface area contributed by atoms with Crippen molar-refractivity contribution in [3.63, 3.8) is 0 Å². The quantitative estimate of drug-likeness (QED) is 0.934. The number of methoxy groups -OCH3 is 1. The Hall–Kier alpha value is -2.01. The lowest BCUT2D eigenvalue weighted by atomic mass is 10.1. The molecule has 1 N–H and O–H groups in total. The van der Waals surface area contributed by atoms with Crippen molar-refractivity contribution in [2.45, 2.75) is 32.6 Å². The smallest absolute Gasteiger partial charge is 0.262 e. The summed E-state index contributed by atoms with van der Waals surface area (Å²) < 4.78 is 33.3. The van der Waals surface area contributed by atoms with Crippen LogP contribution >= 0.6 is 0 Å². The van der Waals surface area contributed by atoms with Crippen LogP contribution in [-0.2, 0) is 10.0 Å². The Morgan fingerprint density at radius 3 is 2.23 bits per heavy atom. The van der Waals surface area contributed by atoms with E-state index < -0.39 is 10.0 Å². The van der Waals surface area contributed by atoms with Crippen molar-refractivity contribution in [3.05, 3.63) is 52.6 Å². The standard InChI is InChI=1S/C17H21NO3S/c1-11-6-7-12(2)15(8-11)18-22(19,20)17-10-13(3)16(21-5)9-14(17)4/h6-10,18H,1-5H3. The van der Waals surface area contributed by atoms with Crippen molar-refractivity contribution in [1.29, 1.82) is 0 Å². The zero-order valence-corrected chi connectivity index (χ0v) is 14.3. The van der Waals surface area contributed by atoms with Gasteiger partial charge in [0.2, 0.25) is 0 Å². The Morgan fingerprint density at radius 2 is 1.59 bits per heavy atom. The summed E-state index contributed by atoms with van der Waals surface area (Å²) in [6.07, 6.45) is 0. The van der Waals surface area contributed by atoms with E-state index in [1.54, 1.807) is 26.2 Å². The van der Waals surface area contributed by atoms with Crippen LogP contribution in [0.4, 0.5) is 5.69 Å². The number of aryl methyl sites for hydroxylation is 4. The van der Waals surface area contributed by atoms with E-state index in [0.717, 1.165) is 16.7 Å². The molecule has 0 aliphatic carbocycles. The average Bonchev–Trinajstić information content (AvgIpc) is 2.44. The van der Waals surface area contributed by atoms with E-state index in [1.807, 2.05) is 39.0 Å². The van der Waals surface area contributed by atoms with E-state index in [0.29, 0.717) is 17.0 Å². The Morgan fingerprint density at radius 1 is 0.909 bits per heavy atom. The summed E-state index contributed by atoms with van der Waals surface area (Å²) in [7, 11) is -2.06. The Bertz CT molecular complexity index is 811. The molecule has 0 fully saturated rings. The topological polar surface area (TPSA) is 55.4 Å². The fourth-order valence-electron chi connectivity index (χ4n) is 2.32. The molecule has 4 nitrogen and oxygen atoms in total. The molecule has 0 radical (unpaired) electrons. The highest BCUT2D eigenvalue weighted by atomic mass is 32.2. The van der Waals surface area contributed by atoms with Crippen LogP contribution < -0.4 is 9.46 Å². The van der Waals surface area contributed by atoms with E-state index in [4.69, 9.17) is 4.74 Å². The molecule has 22 heavy (non-hydrogen) atoms. The van der Waals surface area contributed by atoms with Gasteiger partial charge in [-0.15, -0.1) is 0 Å². The first-order valence-electron chi connectivity index (χ1n) is 7.00. The Balaban J connectivity index is 2.47. The predicted molar refractivity (Wildman–Crippen MR) is 89.2 cm³/mol. The van der Waals surface area contributed by atoms with Crippen LogP contribution in [0.3, 0.4) is 0 Å². The molecular formula is C17H21NO3S. The van der Waals surface area contributed by atoms with Gasteiger partial charge in [-0.1, -0.05) is 12.1 Å². The van der Waals surface area contributed by atoms with Crippen LogP contribution in [0.2, 0.25) is 0 Å². The maximum atomic E-state index is 12.7. The molecule has 0 saturated carbocycles. The number of anilines is 1. The molecule has 0 aliphatic heterocycles. The predicted octanol–water partition coefficient (Wildman–Crippen LogP) is 3.73. The van der Waals surface area contributed by atoms with Crippen molar-refractivity contribution < 1.29 is 13.2 Å². The number of ether oxygens (including phenoxy) is 1. The van der Waals surface area contributed by atoms with Gasteiger partial charge in [0, 0.05) is 0 Å². The maximum Gasteiger partial charge on any atom is 0.262 e. The van der Waals surface area contributed by atoms with Gasteiger partial charge in [0.05, 0.1) is 17.7 Å². The van der Waals surface area contributed by atoms with Gasteiger partial charge >= 0.3 is 0 Å². The molecule has 0 amide bonds. The largest absolute Gasteiger partial charge is 0.496 e. The maximum absolute atomic E-state index is 12.7. The molecule has 118 valence electrons. The third-order valence-electron chi connectivity index (χ3n) is 3.62. The zero-order valence-electron chi connectivity index (χ0n) is 13.5. The molecule has 0 bridgehead atoms. The summed E-state index contributed by atoms with van der Waals surface area (Å²) in [6, 6.07) is 9.07. The minimum absolute atomic E-state index is 0.270. The van der Waals surface area contributed by atoms with E-state index in [-0.39, 0.29) is 4.90 Å². The van der Waals surface area contributed by atoms with Gasteiger partial charge in [0.15, 0.2) is 0 Å². The minimum atomic E-state index is -3.64. The fourth-order valence-corrected chi connectivity index (χ4v) is 3.75. The third kappa shape index (κ3) is 3.25. The molecule has 0 unspecified atom stereocenters. The summed E-state index contributed by atoms with van der Waals surface area (Å²) >= 11 is 0. The monoisotopic (exact) mass is 319 g/mol. The third-order valence-corrected chi connectivity index (χ3v) is 5.13. The lowest BCUT2D eigenvalue weighted by molar-refractivity contribution is 0.411. The number of sulfonamides is 1. The van der Waals surface area contributed by atoms with E-state index in [1.165, 1.54) is 0 Å². The molecule has 2 rings (SSSR count). The van der Waals surface area contributed by atoms with Crippen LogP contribution in [0.15, 0.2) is 35.2 Å². The van der Waals surface area contributed by atoms with Crippen molar-refractivity contribution >= 4 is 15.7 Å². The molecule has 2 aromatic rings. The van der Waals surface area contributed by atoms with Crippen molar-refractivity contribution in [3.8, 4) is 5.75 Å². The summed E-state index contributed by atoms with van der Waals surface area (Å²) in [4.78, 5) is 0.270. The SMILES string of the molecule is COc1cc(C)c(S(=O)(=O)Nc2cc(C)ccc2C)cc1C. The lowest BCUT2D eigenvalue weighted by Crippen LogP contribution is -2.15. The summed E-state index contributed by atoms with van der Waals surface area (Å²) in [6.45, 7) is 7.40. The van der Waals surface area contributed by atoms with Crippen LogP contribution in [0, 0.1) is 27.7 Å². The van der Waals surface area contributed by atoms with E-state index in [9.17, 15) is 8.42 Å². The van der Waals surface area contributed by atoms with Gasteiger partial charge in [-0.25, -0.2) is 8.42 Å². The van der Waals surface area contributed by atoms with Gasteiger partial charge < -0.3 is 4.74 Å². The molecule has 0 heterocycles. The van der Waals surface area contributed by atoms with Crippen LogP contribution in [0.5, 0.6) is 5.75 Å². The molecule has 0 aliphatic rings. The lowest BCUT2D eigenvalue weighted by Gasteiger charge is -2.15. The van der Waals surface area contributed by atoms with Gasteiger partial charge in [0.1, 0.15) is 5.75 Å². The van der Waals surface area contributed by atoms with Gasteiger partial charge in [-0.2, -0.15) is 0 Å². The molecule has 5 heteroatoms. The minimum Gasteiger partial charge on any atom is -0.496 e. The number of hydrogen-bond donors (Lipinski definition) is 1. The van der Waals surface area contributed by atoms with Gasteiger partial charge in [-0.05, 0) is 68.1 Å². The number of benzene rings is 2. The van der Waals surface area contributed by atoms with Crippen molar-refractivity contribution in [1.82, 2.24) is 0 Å².